The number of ether oxygens (including phenoxy) is 1. The molecule has 5 nitrogen and oxygen atoms in total. The monoisotopic (exact) mass is 365 g/mol. The van der Waals surface area contributed by atoms with Crippen molar-refractivity contribution in [1.29, 1.82) is 0 Å². The molecule has 1 aliphatic heterocycles. The number of imidazole rings is 1. The van der Waals surface area contributed by atoms with Crippen LogP contribution in [-0.4, -0.2) is 22.1 Å². The summed E-state index contributed by atoms with van der Waals surface area (Å²) in [6, 6.07) is 13.2. The summed E-state index contributed by atoms with van der Waals surface area (Å²) in [6.07, 6.45) is 5.37. The van der Waals surface area contributed by atoms with Gasteiger partial charge in [-0.1, -0.05) is 18.2 Å². The number of nitrogens with zero attached hydrogens (tertiary/aromatic N) is 2. The van der Waals surface area contributed by atoms with Gasteiger partial charge in [0, 0.05) is 24.7 Å². The van der Waals surface area contributed by atoms with E-state index in [1.54, 1.807) is 0 Å². The van der Waals surface area contributed by atoms with Gasteiger partial charge in [0.2, 0.25) is 0 Å². The Morgan fingerprint density at radius 2 is 1.96 bits per heavy atom. The minimum absolute atomic E-state index is 0.153. The first-order valence-electron chi connectivity index (χ1n) is 9.03. The van der Waals surface area contributed by atoms with Crippen LogP contribution in [0.5, 0.6) is 5.75 Å². The molecular formula is C21H20FN3O2. The number of nitrogens with one attached hydrogen (secondary N) is 1. The molecule has 6 heteroatoms. The van der Waals surface area contributed by atoms with Crippen LogP contribution in [0.4, 0.5) is 10.1 Å². The predicted molar refractivity (Wildman–Crippen MR) is 101 cm³/mol. The van der Waals surface area contributed by atoms with Gasteiger partial charge in [-0.15, -0.1) is 0 Å². The van der Waals surface area contributed by atoms with E-state index in [1.165, 1.54) is 30.7 Å². The summed E-state index contributed by atoms with van der Waals surface area (Å²) in [7, 11) is 0. The largest absolute Gasteiger partial charge is 0.484 e. The van der Waals surface area contributed by atoms with Crippen LogP contribution < -0.4 is 10.1 Å². The molecule has 0 aliphatic carbocycles. The zero-order chi connectivity index (χ0) is 18.6. The van der Waals surface area contributed by atoms with Crippen LogP contribution in [0.1, 0.15) is 18.7 Å². The summed E-state index contributed by atoms with van der Waals surface area (Å²) in [5.74, 6) is 0.915. The number of carbonyl (C=O) groups excluding carboxylic acids is 1. The highest BCUT2D eigenvalue weighted by Crippen LogP contribution is 2.28. The van der Waals surface area contributed by atoms with Crippen molar-refractivity contribution in [1.82, 2.24) is 9.55 Å². The minimum Gasteiger partial charge on any atom is -0.484 e. The van der Waals surface area contributed by atoms with E-state index in [4.69, 9.17) is 9.72 Å². The van der Waals surface area contributed by atoms with Gasteiger partial charge in [-0.05, 0) is 43.2 Å². The molecule has 1 aromatic heterocycles. The zero-order valence-corrected chi connectivity index (χ0v) is 14.8. The van der Waals surface area contributed by atoms with Crippen molar-refractivity contribution in [2.45, 2.75) is 25.8 Å². The summed E-state index contributed by atoms with van der Waals surface area (Å²) in [6.45, 7) is 0.835. The Hall–Kier alpha value is -3.15. The number of aromatic nitrogens is 2. The minimum atomic E-state index is -0.344. The number of carbonyl (C=O) groups is 1. The highest BCUT2D eigenvalue weighted by Gasteiger charge is 2.16. The van der Waals surface area contributed by atoms with Gasteiger partial charge < -0.3 is 14.6 Å². The van der Waals surface area contributed by atoms with Gasteiger partial charge in [0.25, 0.3) is 5.91 Å². The Morgan fingerprint density at radius 1 is 1.15 bits per heavy atom. The van der Waals surface area contributed by atoms with Crippen LogP contribution in [0.3, 0.4) is 0 Å². The van der Waals surface area contributed by atoms with Crippen molar-refractivity contribution in [3.8, 4) is 17.0 Å². The summed E-state index contributed by atoms with van der Waals surface area (Å²) >= 11 is 0. The first-order valence-corrected chi connectivity index (χ1v) is 9.03. The quantitative estimate of drug-likeness (QED) is 0.742. The van der Waals surface area contributed by atoms with E-state index in [-0.39, 0.29) is 18.3 Å². The number of halogens is 1. The molecule has 0 fully saturated rings. The molecule has 138 valence electrons. The second-order valence-electron chi connectivity index (χ2n) is 6.53. The highest BCUT2D eigenvalue weighted by molar-refractivity contribution is 5.95. The van der Waals surface area contributed by atoms with Gasteiger partial charge in [0.1, 0.15) is 17.4 Å². The fourth-order valence-corrected chi connectivity index (χ4v) is 3.22. The standard InChI is InChI=1S/C21H20FN3O2/c22-15-8-10-16(11-9-15)27-14-21(26)24-18-6-2-1-5-17(18)19-13-25-12-4-3-7-20(25)23-19/h1-2,5-6,8-11,13H,3-4,7,12,14H2,(H,24,26). The van der Waals surface area contributed by atoms with Crippen LogP contribution >= 0.6 is 0 Å². The number of benzene rings is 2. The number of amides is 1. The number of rotatable bonds is 5. The number of aryl methyl sites for hydroxylation is 2. The predicted octanol–water partition coefficient (Wildman–Crippen LogP) is 4.04. The number of para-hydroxylation sites is 1. The third kappa shape index (κ3) is 4.00. The second-order valence-corrected chi connectivity index (χ2v) is 6.53. The SMILES string of the molecule is O=C(COc1ccc(F)cc1)Nc1ccccc1-c1cn2c(n1)CCCC2. The molecule has 27 heavy (non-hydrogen) atoms. The Morgan fingerprint density at radius 3 is 2.78 bits per heavy atom. The number of fused-ring (bicyclic) bond motifs is 1. The number of anilines is 1. The maximum Gasteiger partial charge on any atom is 0.262 e. The van der Waals surface area contributed by atoms with E-state index in [1.807, 2.05) is 24.3 Å². The average Bonchev–Trinajstić information content (AvgIpc) is 3.12. The Balaban J connectivity index is 1.47. The van der Waals surface area contributed by atoms with E-state index in [0.29, 0.717) is 11.4 Å². The van der Waals surface area contributed by atoms with E-state index < -0.39 is 0 Å². The third-order valence-corrected chi connectivity index (χ3v) is 4.57. The molecule has 0 saturated heterocycles. The molecule has 0 saturated carbocycles. The van der Waals surface area contributed by atoms with Gasteiger partial charge in [0.05, 0.1) is 11.4 Å². The van der Waals surface area contributed by atoms with Crippen molar-refractivity contribution in [3.05, 3.63) is 66.4 Å². The molecule has 0 spiro atoms. The Labute approximate surface area is 156 Å². The van der Waals surface area contributed by atoms with Gasteiger partial charge in [-0.3, -0.25) is 4.79 Å². The molecule has 1 aliphatic rings. The van der Waals surface area contributed by atoms with E-state index in [0.717, 1.165) is 36.5 Å². The van der Waals surface area contributed by atoms with E-state index >= 15 is 0 Å². The Kier molecular flexibility index (Phi) is 4.87. The maximum atomic E-state index is 12.9. The number of hydrogen-bond acceptors (Lipinski definition) is 3. The van der Waals surface area contributed by atoms with Crippen LogP contribution in [0, 0.1) is 5.82 Å². The molecule has 1 N–H and O–H groups in total. The van der Waals surface area contributed by atoms with Crippen molar-refractivity contribution in [3.63, 3.8) is 0 Å². The summed E-state index contributed by atoms with van der Waals surface area (Å²) < 4.78 is 20.5. The zero-order valence-electron chi connectivity index (χ0n) is 14.8. The fraction of sp³-hybridized carbons (Fsp3) is 0.238. The highest BCUT2D eigenvalue weighted by atomic mass is 19.1. The third-order valence-electron chi connectivity index (χ3n) is 4.57. The number of hydrogen-bond donors (Lipinski definition) is 1. The molecule has 0 radical (unpaired) electrons. The molecule has 0 atom stereocenters. The lowest BCUT2D eigenvalue weighted by Gasteiger charge is -2.11. The average molecular weight is 365 g/mol. The van der Waals surface area contributed by atoms with E-state index in [9.17, 15) is 9.18 Å². The smallest absolute Gasteiger partial charge is 0.262 e. The molecule has 2 heterocycles. The molecule has 0 unspecified atom stereocenters. The first kappa shape index (κ1) is 17.3. The van der Waals surface area contributed by atoms with Crippen LogP contribution in [-0.2, 0) is 17.8 Å². The molecule has 2 aromatic carbocycles. The fourth-order valence-electron chi connectivity index (χ4n) is 3.22. The van der Waals surface area contributed by atoms with Gasteiger partial charge in [-0.25, -0.2) is 9.37 Å². The lowest BCUT2D eigenvalue weighted by molar-refractivity contribution is -0.118. The first-order chi connectivity index (χ1) is 13.2. The van der Waals surface area contributed by atoms with Crippen molar-refractivity contribution >= 4 is 11.6 Å². The van der Waals surface area contributed by atoms with Crippen molar-refractivity contribution in [2.24, 2.45) is 0 Å². The molecule has 1 amide bonds. The van der Waals surface area contributed by atoms with Gasteiger partial charge >= 0.3 is 0 Å². The molecule has 3 aromatic rings. The molecule has 4 rings (SSSR count). The summed E-state index contributed by atoms with van der Waals surface area (Å²) in [5, 5.41) is 2.88. The van der Waals surface area contributed by atoms with Crippen LogP contribution in [0.25, 0.3) is 11.3 Å². The van der Waals surface area contributed by atoms with Gasteiger partial charge in [-0.2, -0.15) is 0 Å². The van der Waals surface area contributed by atoms with Gasteiger partial charge in [0.15, 0.2) is 6.61 Å². The summed E-state index contributed by atoms with van der Waals surface area (Å²) in [5.41, 5.74) is 2.44. The van der Waals surface area contributed by atoms with Crippen molar-refractivity contribution < 1.29 is 13.9 Å². The summed E-state index contributed by atoms with van der Waals surface area (Å²) in [4.78, 5) is 17.0. The van der Waals surface area contributed by atoms with Crippen LogP contribution in [0.15, 0.2) is 54.7 Å². The lowest BCUT2D eigenvalue weighted by Crippen LogP contribution is -2.20. The molecule has 0 bridgehead atoms. The lowest BCUT2D eigenvalue weighted by atomic mass is 10.1. The second kappa shape index (κ2) is 7.61. The molecular weight excluding hydrogens is 345 g/mol. The van der Waals surface area contributed by atoms with E-state index in [2.05, 4.69) is 16.1 Å². The van der Waals surface area contributed by atoms with Crippen LogP contribution in [0.2, 0.25) is 0 Å². The van der Waals surface area contributed by atoms with Crippen molar-refractivity contribution in [2.75, 3.05) is 11.9 Å². The topological polar surface area (TPSA) is 56.1 Å². The normalized spacial score (nSPS) is 13.1. The maximum absolute atomic E-state index is 12.9. The Bertz CT molecular complexity index is 927.